The maximum absolute atomic E-state index is 11.5. The third-order valence-electron chi connectivity index (χ3n) is 3.83. The molecular weight excluding hydrogens is 212 g/mol. The van der Waals surface area contributed by atoms with Crippen LogP contribution in [0.5, 0.6) is 0 Å². The minimum absolute atomic E-state index is 0.149. The van der Waals surface area contributed by atoms with Crippen LogP contribution < -0.4 is 10.6 Å². The molecule has 2 N–H and O–H groups in total. The number of carbonyl (C=O) groups excluding carboxylic acids is 1. The molecule has 0 aliphatic heterocycles. The number of hydrogen-bond donors (Lipinski definition) is 2. The number of rotatable bonds is 7. The zero-order valence-corrected chi connectivity index (χ0v) is 11.4. The van der Waals surface area contributed by atoms with Crippen LogP contribution in [0.1, 0.15) is 58.8 Å². The molecule has 100 valence electrons. The van der Waals surface area contributed by atoms with E-state index in [-0.39, 0.29) is 5.91 Å². The molecule has 0 atom stereocenters. The van der Waals surface area contributed by atoms with Crippen molar-refractivity contribution in [1.82, 2.24) is 10.6 Å². The molecule has 0 aromatic heterocycles. The summed E-state index contributed by atoms with van der Waals surface area (Å²) in [5.41, 5.74) is 0. The van der Waals surface area contributed by atoms with Crippen LogP contribution in [0.15, 0.2) is 0 Å². The lowest BCUT2D eigenvalue weighted by Gasteiger charge is -2.28. The zero-order valence-electron chi connectivity index (χ0n) is 11.4. The molecule has 0 radical (unpaired) electrons. The summed E-state index contributed by atoms with van der Waals surface area (Å²) in [4.78, 5) is 11.5. The Morgan fingerprint density at radius 2 is 1.88 bits per heavy atom. The Balaban J connectivity index is 2.04. The highest BCUT2D eigenvalue weighted by Crippen LogP contribution is 2.26. The van der Waals surface area contributed by atoms with E-state index in [0.29, 0.717) is 12.6 Å². The third kappa shape index (κ3) is 6.06. The second kappa shape index (κ2) is 8.51. The van der Waals surface area contributed by atoms with Crippen molar-refractivity contribution in [3.63, 3.8) is 0 Å². The van der Waals surface area contributed by atoms with Crippen LogP contribution in [0.25, 0.3) is 0 Å². The predicted molar refractivity (Wildman–Crippen MR) is 72.0 cm³/mol. The summed E-state index contributed by atoms with van der Waals surface area (Å²) < 4.78 is 0. The van der Waals surface area contributed by atoms with Gasteiger partial charge < -0.3 is 10.6 Å². The second-order valence-corrected chi connectivity index (χ2v) is 5.21. The smallest absolute Gasteiger partial charge is 0.233 e. The Hall–Kier alpha value is -0.570. The summed E-state index contributed by atoms with van der Waals surface area (Å²) in [6.45, 7) is 5.72. The van der Waals surface area contributed by atoms with Crippen molar-refractivity contribution in [2.45, 2.75) is 64.8 Å². The maximum atomic E-state index is 11.5. The zero-order chi connectivity index (χ0) is 12.5. The fraction of sp³-hybridized carbons (Fsp3) is 0.929. The lowest BCUT2D eigenvalue weighted by atomic mass is 9.84. The molecule has 1 rings (SSSR count). The van der Waals surface area contributed by atoms with Gasteiger partial charge in [-0.1, -0.05) is 26.7 Å². The monoisotopic (exact) mass is 240 g/mol. The first-order valence-electron chi connectivity index (χ1n) is 7.26. The molecule has 1 aliphatic carbocycles. The molecule has 0 unspecified atom stereocenters. The van der Waals surface area contributed by atoms with Gasteiger partial charge in [0.15, 0.2) is 0 Å². The molecule has 1 saturated carbocycles. The van der Waals surface area contributed by atoms with Crippen molar-refractivity contribution >= 4 is 5.91 Å². The van der Waals surface area contributed by atoms with Gasteiger partial charge in [0.2, 0.25) is 5.91 Å². The van der Waals surface area contributed by atoms with Gasteiger partial charge in [-0.25, -0.2) is 0 Å². The van der Waals surface area contributed by atoms with E-state index >= 15 is 0 Å². The minimum atomic E-state index is 0.149. The molecule has 0 aromatic rings. The van der Waals surface area contributed by atoms with Crippen molar-refractivity contribution in [2.24, 2.45) is 5.92 Å². The molecule has 0 heterocycles. The van der Waals surface area contributed by atoms with Crippen molar-refractivity contribution in [1.29, 1.82) is 0 Å². The lowest BCUT2D eigenvalue weighted by Crippen LogP contribution is -2.41. The van der Waals surface area contributed by atoms with Crippen molar-refractivity contribution in [2.75, 3.05) is 13.1 Å². The molecule has 0 spiro atoms. The molecule has 3 nitrogen and oxygen atoms in total. The highest BCUT2D eigenvalue weighted by atomic mass is 16.1. The van der Waals surface area contributed by atoms with E-state index < -0.39 is 0 Å². The van der Waals surface area contributed by atoms with Crippen molar-refractivity contribution < 1.29 is 4.79 Å². The first kappa shape index (κ1) is 14.5. The SMILES string of the molecule is CCCCNC(=O)CNC1CCC(CC)CC1. The highest BCUT2D eigenvalue weighted by Gasteiger charge is 2.19. The molecule has 0 aromatic carbocycles. The Morgan fingerprint density at radius 1 is 1.18 bits per heavy atom. The normalized spacial score (nSPS) is 24.6. The van der Waals surface area contributed by atoms with Crippen LogP contribution in [0.2, 0.25) is 0 Å². The molecule has 1 aliphatic rings. The summed E-state index contributed by atoms with van der Waals surface area (Å²) in [6.07, 6.45) is 8.64. The second-order valence-electron chi connectivity index (χ2n) is 5.21. The Morgan fingerprint density at radius 3 is 2.47 bits per heavy atom. The molecule has 0 bridgehead atoms. The first-order chi connectivity index (χ1) is 8.26. The van der Waals surface area contributed by atoms with Gasteiger partial charge in [0.05, 0.1) is 6.54 Å². The Bertz CT molecular complexity index is 210. The molecule has 3 heteroatoms. The maximum Gasteiger partial charge on any atom is 0.233 e. The topological polar surface area (TPSA) is 41.1 Å². The standard InChI is InChI=1S/C14H28N2O/c1-3-5-10-15-14(17)11-16-13-8-6-12(4-2)7-9-13/h12-13,16H,3-11H2,1-2H3,(H,15,17). The minimum Gasteiger partial charge on any atom is -0.355 e. The van der Waals surface area contributed by atoms with Crippen LogP contribution in [0.3, 0.4) is 0 Å². The average Bonchev–Trinajstić information content (AvgIpc) is 2.37. The Kier molecular flexibility index (Phi) is 7.25. The first-order valence-corrected chi connectivity index (χ1v) is 7.26. The van der Waals surface area contributed by atoms with E-state index in [2.05, 4.69) is 24.5 Å². The van der Waals surface area contributed by atoms with Crippen LogP contribution in [0.4, 0.5) is 0 Å². The average molecular weight is 240 g/mol. The fourth-order valence-corrected chi connectivity index (χ4v) is 2.48. The van der Waals surface area contributed by atoms with E-state index in [9.17, 15) is 4.79 Å². The predicted octanol–water partition coefficient (Wildman–Crippen LogP) is 2.46. The summed E-state index contributed by atoms with van der Waals surface area (Å²) >= 11 is 0. The lowest BCUT2D eigenvalue weighted by molar-refractivity contribution is -0.120. The quantitative estimate of drug-likeness (QED) is 0.671. The summed E-state index contributed by atoms with van der Waals surface area (Å²) in [5.74, 6) is 1.07. The van der Waals surface area contributed by atoms with Crippen LogP contribution in [0, 0.1) is 5.92 Å². The number of carbonyl (C=O) groups is 1. The third-order valence-corrected chi connectivity index (χ3v) is 3.83. The van der Waals surface area contributed by atoms with E-state index in [0.717, 1.165) is 25.3 Å². The summed E-state index contributed by atoms with van der Waals surface area (Å²) in [5, 5.41) is 6.32. The van der Waals surface area contributed by atoms with Gasteiger partial charge in [0.25, 0.3) is 0 Å². The molecule has 1 amide bonds. The van der Waals surface area contributed by atoms with E-state index in [1.54, 1.807) is 0 Å². The van der Waals surface area contributed by atoms with Crippen molar-refractivity contribution in [3.05, 3.63) is 0 Å². The molecule has 1 fully saturated rings. The van der Waals surface area contributed by atoms with Crippen LogP contribution >= 0.6 is 0 Å². The summed E-state index contributed by atoms with van der Waals surface area (Å²) in [7, 11) is 0. The van der Waals surface area contributed by atoms with Gasteiger partial charge in [-0.05, 0) is 38.0 Å². The fourth-order valence-electron chi connectivity index (χ4n) is 2.48. The number of nitrogens with one attached hydrogen (secondary N) is 2. The number of hydrogen-bond acceptors (Lipinski definition) is 2. The van der Waals surface area contributed by atoms with Gasteiger partial charge in [-0.15, -0.1) is 0 Å². The highest BCUT2D eigenvalue weighted by molar-refractivity contribution is 5.77. The number of amides is 1. The van der Waals surface area contributed by atoms with Gasteiger partial charge in [-0.3, -0.25) is 4.79 Å². The van der Waals surface area contributed by atoms with Gasteiger partial charge in [0.1, 0.15) is 0 Å². The molecule has 17 heavy (non-hydrogen) atoms. The van der Waals surface area contributed by atoms with Gasteiger partial charge >= 0.3 is 0 Å². The van der Waals surface area contributed by atoms with Crippen LogP contribution in [-0.2, 0) is 4.79 Å². The summed E-state index contributed by atoms with van der Waals surface area (Å²) in [6, 6.07) is 0.565. The number of unbranched alkanes of at least 4 members (excludes halogenated alkanes) is 1. The largest absolute Gasteiger partial charge is 0.355 e. The van der Waals surface area contributed by atoms with Gasteiger partial charge in [-0.2, -0.15) is 0 Å². The van der Waals surface area contributed by atoms with E-state index in [4.69, 9.17) is 0 Å². The molecule has 0 saturated heterocycles. The Labute approximate surface area is 106 Å². The van der Waals surface area contributed by atoms with Gasteiger partial charge in [0, 0.05) is 12.6 Å². The van der Waals surface area contributed by atoms with E-state index in [1.165, 1.54) is 32.1 Å². The van der Waals surface area contributed by atoms with E-state index in [1.807, 2.05) is 0 Å². The van der Waals surface area contributed by atoms with Crippen molar-refractivity contribution in [3.8, 4) is 0 Å². The molecular formula is C14H28N2O. The van der Waals surface area contributed by atoms with Crippen LogP contribution in [-0.4, -0.2) is 25.0 Å².